The van der Waals surface area contributed by atoms with Crippen LogP contribution in [0.3, 0.4) is 0 Å². The van der Waals surface area contributed by atoms with Gasteiger partial charge in [-0.3, -0.25) is 4.68 Å². The Balaban J connectivity index is 1.82. The van der Waals surface area contributed by atoms with E-state index in [1.54, 1.807) is 6.33 Å². The van der Waals surface area contributed by atoms with E-state index >= 15 is 0 Å². The predicted molar refractivity (Wildman–Crippen MR) is 81.7 cm³/mol. The maximum atomic E-state index is 4.20. The van der Waals surface area contributed by atoms with Crippen LogP contribution in [-0.2, 0) is 14.1 Å². The summed E-state index contributed by atoms with van der Waals surface area (Å²) in [6, 6.07) is 8.36. The van der Waals surface area contributed by atoms with Crippen molar-refractivity contribution in [1.29, 1.82) is 0 Å². The van der Waals surface area contributed by atoms with E-state index in [9.17, 15) is 0 Å². The van der Waals surface area contributed by atoms with Gasteiger partial charge in [-0.05, 0) is 19.1 Å². The largest absolute Gasteiger partial charge is 0.378 e. The fraction of sp³-hybridized carbons (Fsp3) is 0.267. The minimum atomic E-state index is 0.188. The zero-order chi connectivity index (χ0) is 14.8. The standard InChI is InChI=1S/C15H18N6/c1-11(13-8-17-21(3)9-13)18-14-6-4-5-12(7-14)15-19-16-10-20(15)2/h4-11,18H,1-3H3. The maximum absolute atomic E-state index is 4.20. The van der Waals surface area contributed by atoms with Gasteiger partial charge < -0.3 is 9.88 Å². The second-order valence-electron chi connectivity index (χ2n) is 5.16. The molecule has 21 heavy (non-hydrogen) atoms. The summed E-state index contributed by atoms with van der Waals surface area (Å²) in [5, 5.41) is 15.7. The van der Waals surface area contributed by atoms with Crippen molar-refractivity contribution in [3.8, 4) is 11.4 Å². The molecule has 0 amide bonds. The van der Waals surface area contributed by atoms with E-state index in [1.165, 1.54) is 0 Å². The SMILES string of the molecule is CC(Nc1cccc(-c2nncn2C)c1)c1cnn(C)c1. The minimum absolute atomic E-state index is 0.188. The molecule has 2 aromatic heterocycles. The van der Waals surface area contributed by atoms with Crippen molar-refractivity contribution >= 4 is 5.69 Å². The van der Waals surface area contributed by atoms with E-state index in [0.29, 0.717) is 0 Å². The second kappa shape index (κ2) is 5.40. The molecule has 6 heteroatoms. The molecule has 0 fully saturated rings. The highest BCUT2D eigenvalue weighted by Gasteiger charge is 2.09. The van der Waals surface area contributed by atoms with Gasteiger partial charge in [0.2, 0.25) is 0 Å². The van der Waals surface area contributed by atoms with Gasteiger partial charge in [-0.25, -0.2) is 0 Å². The molecule has 0 aliphatic carbocycles. The van der Waals surface area contributed by atoms with Crippen molar-refractivity contribution in [2.24, 2.45) is 14.1 Å². The molecular weight excluding hydrogens is 264 g/mol. The number of anilines is 1. The summed E-state index contributed by atoms with van der Waals surface area (Å²) < 4.78 is 3.72. The van der Waals surface area contributed by atoms with Gasteiger partial charge >= 0.3 is 0 Å². The first kappa shape index (κ1) is 13.4. The highest BCUT2D eigenvalue weighted by atomic mass is 15.2. The molecule has 1 aromatic carbocycles. The molecule has 0 aliphatic rings. The van der Waals surface area contributed by atoms with Crippen LogP contribution in [0.1, 0.15) is 18.5 Å². The number of hydrogen-bond donors (Lipinski definition) is 1. The number of hydrogen-bond acceptors (Lipinski definition) is 4. The predicted octanol–water partition coefficient (Wildman–Crippen LogP) is 2.39. The van der Waals surface area contributed by atoms with Crippen molar-refractivity contribution in [3.05, 3.63) is 48.5 Å². The van der Waals surface area contributed by atoms with E-state index in [2.05, 4.69) is 33.6 Å². The van der Waals surface area contributed by atoms with Crippen molar-refractivity contribution in [2.45, 2.75) is 13.0 Å². The van der Waals surface area contributed by atoms with E-state index in [4.69, 9.17) is 0 Å². The lowest BCUT2D eigenvalue weighted by Gasteiger charge is -2.14. The van der Waals surface area contributed by atoms with Crippen LogP contribution in [0.25, 0.3) is 11.4 Å². The average molecular weight is 282 g/mol. The summed E-state index contributed by atoms with van der Waals surface area (Å²) in [5.41, 5.74) is 3.24. The first-order chi connectivity index (χ1) is 10.1. The zero-order valence-electron chi connectivity index (χ0n) is 12.4. The van der Waals surface area contributed by atoms with Crippen molar-refractivity contribution < 1.29 is 0 Å². The van der Waals surface area contributed by atoms with E-state index in [1.807, 2.05) is 53.9 Å². The third-order valence-corrected chi connectivity index (χ3v) is 3.44. The summed E-state index contributed by atoms with van der Waals surface area (Å²) >= 11 is 0. The smallest absolute Gasteiger partial charge is 0.163 e. The van der Waals surface area contributed by atoms with Gasteiger partial charge in [0.25, 0.3) is 0 Å². The third kappa shape index (κ3) is 2.79. The first-order valence-corrected chi connectivity index (χ1v) is 6.83. The van der Waals surface area contributed by atoms with Crippen LogP contribution in [-0.4, -0.2) is 24.5 Å². The number of nitrogens with zero attached hydrogens (tertiary/aromatic N) is 5. The third-order valence-electron chi connectivity index (χ3n) is 3.44. The molecule has 0 saturated carbocycles. The zero-order valence-corrected chi connectivity index (χ0v) is 12.4. The maximum Gasteiger partial charge on any atom is 0.163 e. The summed E-state index contributed by atoms with van der Waals surface area (Å²) in [7, 11) is 3.86. The Morgan fingerprint density at radius 2 is 2.10 bits per heavy atom. The van der Waals surface area contributed by atoms with Crippen LogP contribution in [0.5, 0.6) is 0 Å². The van der Waals surface area contributed by atoms with Gasteiger partial charge in [-0.2, -0.15) is 5.10 Å². The number of benzene rings is 1. The molecule has 3 aromatic rings. The average Bonchev–Trinajstić information content (AvgIpc) is 3.08. The van der Waals surface area contributed by atoms with E-state index in [0.717, 1.165) is 22.6 Å². The Kier molecular flexibility index (Phi) is 3.43. The summed E-state index contributed by atoms with van der Waals surface area (Å²) in [6.07, 6.45) is 5.60. The fourth-order valence-electron chi connectivity index (χ4n) is 2.29. The Labute approximate surface area is 123 Å². The van der Waals surface area contributed by atoms with Crippen molar-refractivity contribution in [1.82, 2.24) is 24.5 Å². The van der Waals surface area contributed by atoms with Gasteiger partial charge in [-0.1, -0.05) is 12.1 Å². The van der Waals surface area contributed by atoms with Crippen molar-refractivity contribution in [3.63, 3.8) is 0 Å². The molecule has 1 unspecified atom stereocenters. The lowest BCUT2D eigenvalue weighted by atomic mass is 10.1. The molecule has 1 N–H and O–H groups in total. The summed E-state index contributed by atoms with van der Waals surface area (Å²) in [6.45, 7) is 2.12. The molecule has 0 aliphatic heterocycles. The van der Waals surface area contributed by atoms with Crippen LogP contribution in [0.4, 0.5) is 5.69 Å². The minimum Gasteiger partial charge on any atom is -0.378 e. The first-order valence-electron chi connectivity index (χ1n) is 6.83. The normalized spacial score (nSPS) is 12.3. The molecule has 1 atom stereocenters. The quantitative estimate of drug-likeness (QED) is 0.798. The van der Waals surface area contributed by atoms with Gasteiger partial charge in [0.05, 0.1) is 12.2 Å². The second-order valence-corrected chi connectivity index (χ2v) is 5.16. The highest BCUT2D eigenvalue weighted by molar-refractivity contribution is 5.62. The molecule has 6 nitrogen and oxygen atoms in total. The summed E-state index contributed by atoms with van der Waals surface area (Å²) in [4.78, 5) is 0. The Hall–Kier alpha value is -2.63. The van der Waals surface area contributed by atoms with Crippen LogP contribution in [0, 0.1) is 0 Å². The Morgan fingerprint density at radius 3 is 2.76 bits per heavy atom. The number of nitrogens with one attached hydrogen (secondary N) is 1. The van der Waals surface area contributed by atoms with Crippen molar-refractivity contribution in [2.75, 3.05) is 5.32 Å². The molecule has 2 heterocycles. The molecule has 0 saturated heterocycles. The van der Waals surface area contributed by atoms with Crippen LogP contribution in [0.2, 0.25) is 0 Å². The van der Waals surface area contributed by atoms with Crippen LogP contribution >= 0.6 is 0 Å². The van der Waals surface area contributed by atoms with Gasteiger partial charge in [-0.15, -0.1) is 10.2 Å². The highest BCUT2D eigenvalue weighted by Crippen LogP contribution is 2.23. The lowest BCUT2D eigenvalue weighted by molar-refractivity contribution is 0.765. The molecule has 108 valence electrons. The number of aryl methyl sites for hydroxylation is 2. The van der Waals surface area contributed by atoms with E-state index < -0.39 is 0 Å². The molecule has 3 rings (SSSR count). The lowest BCUT2D eigenvalue weighted by Crippen LogP contribution is -2.06. The van der Waals surface area contributed by atoms with Gasteiger partial charge in [0.1, 0.15) is 6.33 Å². The van der Waals surface area contributed by atoms with E-state index in [-0.39, 0.29) is 6.04 Å². The molecule has 0 spiro atoms. The fourth-order valence-corrected chi connectivity index (χ4v) is 2.29. The van der Waals surface area contributed by atoms with Crippen LogP contribution < -0.4 is 5.32 Å². The molecular formula is C15H18N6. The van der Waals surface area contributed by atoms with Crippen LogP contribution in [0.15, 0.2) is 43.0 Å². The Morgan fingerprint density at radius 1 is 1.24 bits per heavy atom. The van der Waals surface area contributed by atoms with Gasteiger partial charge in [0, 0.05) is 37.1 Å². The topological polar surface area (TPSA) is 60.6 Å². The Bertz CT molecular complexity index is 742. The summed E-state index contributed by atoms with van der Waals surface area (Å²) in [5.74, 6) is 0.854. The monoisotopic (exact) mass is 282 g/mol. The molecule has 0 radical (unpaired) electrons. The number of rotatable bonds is 4. The van der Waals surface area contributed by atoms with Gasteiger partial charge in [0.15, 0.2) is 5.82 Å². The molecule has 0 bridgehead atoms. The number of aromatic nitrogens is 5.